The van der Waals surface area contributed by atoms with E-state index in [1.54, 1.807) is 30.3 Å². The first-order chi connectivity index (χ1) is 14.2. The molecule has 30 heavy (non-hydrogen) atoms. The van der Waals surface area contributed by atoms with Crippen LogP contribution < -0.4 is 0 Å². The van der Waals surface area contributed by atoms with Gasteiger partial charge in [0.2, 0.25) is 4.86 Å². The van der Waals surface area contributed by atoms with E-state index in [4.69, 9.17) is 25.6 Å². The van der Waals surface area contributed by atoms with E-state index in [0.29, 0.717) is 31.9 Å². The Morgan fingerprint density at radius 2 is 1.53 bits per heavy atom. The number of nitrogens with zero attached hydrogens (tertiary/aromatic N) is 2. The van der Waals surface area contributed by atoms with Crippen LogP contribution in [0.5, 0.6) is 0 Å². The number of hydrogen-bond acceptors (Lipinski definition) is 6. The molecule has 2 heterocycles. The average molecular weight is 483 g/mol. The summed E-state index contributed by atoms with van der Waals surface area (Å²) in [6.07, 6.45) is -1.45. The van der Waals surface area contributed by atoms with Crippen molar-refractivity contribution in [3.63, 3.8) is 0 Å². The molecule has 1 amide bonds. The van der Waals surface area contributed by atoms with Crippen LogP contribution in [-0.4, -0.2) is 82.7 Å². The smallest absolute Gasteiger partial charge is 0.358 e. The molecule has 13 heteroatoms. The van der Waals surface area contributed by atoms with Gasteiger partial charge in [0.05, 0.1) is 26.4 Å². The zero-order valence-corrected chi connectivity index (χ0v) is 18.8. The SMILES string of the molecule is O=C([C@@H](OP(=O)(O)C(Cl)P(=O)(O)N1CCOCC1)c1ccccc1)N1CCOCC1. The van der Waals surface area contributed by atoms with Gasteiger partial charge in [-0.05, 0) is 5.56 Å². The number of benzene rings is 1. The van der Waals surface area contributed by atoms with Crippen molar-refractivity contribution >= 4 is 32.6 Å². The van der Waals surface area contributed by atoms with Crippen LogP contribution in [0, 0.1) is 0 Å². The van der Waals surface area contributed by atoms with Crippen LogP contribution in [0.2, 0.25) is 0 Å². The van der Waals surface area contributed by atoms with Gasteiger partial charge in [0, 0.05) is 26.2 Å². The Morgan fingerprint density at radius 1 is 1.00 bits per heavy atom. The standard InChI is InChI=1S/C17H25ClN2O8P2/c18-17(29(22,23)20-8-12-27-13-9-20)30(24,25)28-15(14-4-2-1-3-5-14)16(21)19-6-10-26-11-7-19/h1-5,15,17H,6-13H2,(H,22,23)(H,24,25)/t15-,17?/m0/s1. The van der Waals surface area contributed by atoms with Gasteiger partial charge >= 0.3 is 7.60 Å². The Hall–Kier alpha value is -0.800. The summed E-state index contributed by atoms with van der Waals surface area (Å²) in [6.45, 7) is 1.86. The Kier molecular flexibility index (Phi) is 8.12. The van der Waals surface area contributed by atoms with Crippen molar-refractivity contribution < 1.29 is 37.7 Å². The third kappa shape index (κ3) is 5.51. The van der Waals surface area contributed by atoms with Gasteiger partial charge in [-0.2, -0.15) is 0 Å². The summed E-state index contributed by atoms with van der Waals surface area (Å²) < 4.78 is 42.7. The second-order valence-corrected chi connectivity index (χ2v) is 12.4. The maximum atomic E-state index is 13.1. The highest BCUT2D eigenvalue weighted by molar-refractivity contribution is 7.75. The number of ether oxygens (including phenoxy) is 2. The first kappa shape index (κ1) is 23.9. The van der Waals surface area contributed by atoms with Gasteiger partial charge in [-0.3, -0.25) is 18.4 Å². The first-order valence-electron chi connectivity index (χ1n) is 9.45. The Balaban J connectivity index is 1.83. The maximum Gasteiger partial charge on any atom is 0.358 e. The van der Waals surface area contributed by atoms with E-state index in [2.05, 4.69) is 0 Å². The van der Waals surface area contributed by atoms with Gasteiger partial charge in [-0.1, -0.05) is 41.9 Å². The third-order valence-corrected chi connectivity index (χ3v) is 10.9. The van der Waals surface area contributed by atoms with Gasteiger partial charge in [0.1, 0.15) is 0 Å². The molecule has 4 atom stereocenters. The molecule has 0 spiro atoms. The van der Waals surface area contributed by atoms with Gasteiger partial charge in [0.15, 0.2) is 6.10 Å². The van der Waals surface area contributed by atoms with E-state index in [9.17, 15) is 23.7 Å². The third-order valence-electron chi connectivity index (χ3n) is 4.85. The second-order valence-electron chi connectivity index (χ2n) is 6.86. The normalized spacial score (nSPS) is 24.4. The van der Waals surface area contributed by atoms with Crippen molar-refractivity contribution in [2.75, 3.05) is 52.6 Å². The van der Waals surface area contributed by atoms with Gasteiger partial charge in [-0.15, -0.1) is 0 Å². The number of hydrogen-bond donors (Lipinski definition) is 2. The summed E-state index contributed by atoms with van der Waals surface area (Å²) in [5.74, 6) is -0.540. The number of morpholine rings is 2. The summed E-state index contributed by atoms with van der Waals surface area (Å²) in [4.78, 5) is 33.4. The number of rotatable bonds is 7. The molecule has 3 unspecified atom stereocenters. The van der Waals surface area contributed by atoms with Crippen molar-refractivity contribution in [1.82, 2.24) is 9.57 Å². The summed E-state index contributed by atoms with van der Waals surface area (Å²) in [5, 5.41) is 0. The van der Waals surface area contributed by atoms with Crippen LogP contribution >= 0.6 is 26.7 Å². The van der Waals surface area contributed by atoms with Crippen molar-refractivity contribution in [1.29, 1.82) is 0 Å². The van der Waals surface area contributed by atoms with Crippen LogP contribution in [0.1, 0.15) is 11.7 Å². The van der Waals surface area contributed by atoms with E-state index in [1.165, 1.54) is 4.90 Å². The molecule has 1 aromatic carbocycles. The van der Waals surface area contributed by atoms with Crippen molar-refractivity contribution in [2.45, 2.75) is 11.0 Å². The fraction of sp³-hybridized carbons (Fsp3) is 0.588. The fourth-order valence-electron chi connectivity index (χ4n) is 3.19. The predicted molar refractivity (Wildman–Crippen MR) is 109 cm³/mol. The highest BCUT2D eigenvalue weighted by atomic mass is 35.5. The predicted octanol–water partition coefficient (Wildman–Crippen LogP) is 1.83. The molecule has 168 valence electrons. The van der Waals surface area contributed by atoms with Gasteiger partial charge in [0.25, 0.3) is 13.4 Å². The number of carbonyl (C=O) groups excluding carboxylic acids is 1. The molecule has 2 saturated heterocycles. The van der Waals surface area contributed by atoms with Gasteiger partial charge in [-0.25, -0.2) is 4.67 Å². The number of carbonyl (C=O) groups is 1. The lowest BCUT2D eigenvalue weighted by atomic mass is 10.1. The monoisotopic (exact) mass is 482 g/mol. The molecule has 3 rings (SSSR count). The quantitative estimate of drug-likeness (QED) is 0.442. The molecule has 0 saturated carbocycles. The molecule has 2 N–H and O–H groups in total. The average Bonchev–Trinajstić information content (AvgIpc) is 2.78. The molecule has 10 nitrogen and oxygen atoms in total. The fourth-order valence-corrected chi connectivity index (χ4v) is 7.44. The lowest BCUT2D eigenvalue weighted by molar-refractivity contribution is -0.143. The van der Waals surface area contributed by atoms with Crippen LogP contribution in [-0.2, 0) is 27.9 Å². The van der Waals surface area contributed by atoms with Crippen LogP contribution in [0.3, 0.4) is 0 Å². The Bertz CT molecular complexity index is 817. The molecule has 0 radical (unpaired) electrons. The summed E-state index contributed by atoms with van der Waals surface area (Å²) >= 11 is 6.04. The Morgan fingerprint density at radius 3 is 2.10 bits per heavy atom. The number of amides is 1. The van der Waals surface area contributed by atoms with E-state index in [-0.39, 0.29) is 26.3 Å². The largest absolute Gasteiger partial charge is 0.379 e. The van der Waals surface area contributed by atoms with E-state index >= 15 is 0 Å². The second kappa shape index (κ2) is 10.2. The number of alkyl halides is 1. The van der Waals surface area contributed by atoms with Crippen LogP contribution in [0.4, 0.5) is 0 Å². The summed E-state index contributed by atoms with van der Waals surface area (Å²) in [7, 11) is -9.36. The topological polar surface area (TPSA) is 126 Å². The molecular formula is C17H25ClN2O8P2. The lowest BCUT2D eigenvalue weighted by Crippen LogP contribution is -2.43. The molecule has 0 aliphatic carbocycles. The summed E-state index contributed by atoms with van der Waals surface area (Å²) in [5.41, 5.74) is 0.339. The molecular weight excluding hydrogens is 458 g/mol. The van der Waals surface area contributed by atoms with E-state index < -0.39 is 32.0 Å². The van der Waals surface area contributed by atoms with E-state index in [0.717, 1.165) is 4.67 Å². The van der Waals surface area contributed by atoms with Crippen LogP contribution in [0.15, 0.2) is 30.3 Å². The van der Waals surface area contributed by atoms with Crippen LogP contribution in [0.25, 0.3) is 0 Å². The van der Waals surface area contributed by atoms with Gasteiger partial charge < -0.3 is 24.2 Å². The first-order valence-corrected chi connectivity index (χ1v) is 13.2. The number of halogens is 1. The minimum atomic E-state index is -4.91. The minimum absolute atomic E-state index is 0.0891. The Labute approximate surface area is 179 Å². The molecule has 2 fully saturated rings. The molecule has 2 aliphatic rings. The highest BCUT2D eigenvalue weighted by Crippen LogP contribution is 2.69. The minimum Gasteiger partial charge on any atom is -0.379 e. The van der Waals surface area contributed by atoms with Crippen molar-refractivity contribution in [3.05, 3.63) is 35.9 Å². The highest BCUT2D eigenvalue weighted by Gasteiger charge is 2.51. The zero-order chi connectivity index (χ0) is 21.8. The molecule has 1 aromatic rings. The lowest BCUT2D eigenvalue weighted by Gasteiger charge is -2.35. The van der Waals surface area contributed by atoms with Crippen molar-refractivity contribution in [3.8, 4) is 0 Å². The zero-order valence-electron chi connectivity index (χ0n) is 16.2. The molecule has 0 aromatic heterocycles. The molecule has 2 aliphatic heterocycles. The van der Waals surface area contributed by atoms with E-state index in [1.807, 2.05) is 0 Å². The summed E-state index contributed by atoms with van der Waals surface area (Å²) in [6, 6.07) is 8.19. The van der Waals surface area contributed by atoms with Crippen molar-refractivity contribution in [2.24, 2.45) is 0 Å². The molecule has 0 bridgehead atoms. The maximum absolute atomic E-state index is 13.1.